The molecule has 98 valence electrons. The predicted octanol–water partition coefficient (Wildman–Crippen LogP) is 1.65. The van der Waals surface area contributed by atoms with Gasteiger partial charge in [0.2, 0.25) is 0 Å². The molecule has 0 aliphatic carbocycles. The van der Waals surface area contributed by atoms with Crippen LogP contribution in [0.2, 0.25) is 0 Å². The minimum absolute atomic E-state index is 0.0465. The van der Waals surface area contributed by atoms with E-state index in [1.807, 2.05) is 24.1 Å². The molecule has 0 aliphatic rings. The van der Waals surface area contributed by atoms with Gasteiger partial charge in [0.25, 0.3) is 0 Å². The third-order valence-electron chi connectivity index (χ3n) is 2.93. The quantitative estimate of drug-likeness (QED) is 0.720. The number of hydrogen-bond donors (Lipinski definition) is 2. The summed E-state index contributed by atoms with van der Waals surface area (Å²) >= 11 is 0. The van der Waals surface area contributed by atoms with E-state index in [2.05, 4.69) is 6.07 Å². The normalized spacial score (nSPS) is 10.1. The van der Waals surface area contributed by atoms with Crippen LogP contribution in [0.4, 0.5) is 5.69 Å². The average molecular weight is 248 g/mol. The number of anilines is 1. The molecule has 0 saturated carbocycles. The summed E-state index contributed by atoms with van der Waals surface area (Å²) in [6.45, 7) is 1.04. The topological polar surface area (TPSA) is 67.5 Å². The molecule has 4 nitrogen and oxygen atoms in total. The van der Waals surface area contributed by atoms with Crippen LogP contribution in [0.15, 0.2) is 18.2 Å². The van der Waals surface area contributed by atoms with Gasteiger partial charge in [-0.1, -0.05) is 6.07 Å². The highest BCUT2D eigenvalue weighted by atomic mass is 16.3. The molecule has 0 amide bonds. The van der Waals surface area contributed by atoms with Crippen LogP contribution in [0.3, 0.4) is 0 Å². The summed E-state index contributed by atoms with van der Waals surface area (Å²) in [5.74, 6) is 0. The first-order chi connectivity index (χ1) is 8.72. The minimum atomic E-state index is -0.0465. The molecule has 0 heterocycles. The molecule has 4 heteroatoms. The molecule has 0 radical (unpaired) electrons. The first-order valence-electron chi connectivity index (χ1n) is 6.18. The second-order valence-electron chi connectivity index (χ2n) is 4.33. The zero-order chi connectivity index (χ0) is 13.4. The molecule has 0 saturated heterocycles. The third kappa shape index (κ3) is 4.02. The molecule has 1 aromatic rings. The molecule has 0 aromatic heterocycles. The van der Waals surface area contributed by atoms with Crippen LogP contribution < -0.4 is 4.90 Å². The minimum Gasteiger partial charge on any atom is -0.396 e. The van der Waals surface area contributed by atoms with E-state index >= 15 is 0 Å². The lowest BCUT2D eigenvalue weighted by Crippen LogP contribution is -2.19. The van der Waals surface area contributed by atoms with Crippen molar-refractivity contribution in [2.45, 2.75) is 25.9 Å². The van der Waals surface area contributed by atoms with Gasteiger partial charge in [0, 0.05) is 20.2 Å². The van der Waals surface area contributed by atoms with E-state index in [9.17, 15) is 0 Å². The molecule has 0 fully saturated rings. The standard InChI is InChI=1S/C14H20N2O2/c1-16(7-3-2-4-8-17)14-6-5-12(11-18)9-13(14)10-15/h5-6,9,17-18H,2-4,7-8,11H2,1H3. The van der Waals surface area contributed by atoms with Crippen LogP contribution in [-0.4, -0.2) is 30.4 Å². The lowest BCUT2D eigenvalue weighted by Gasteiger charge is -2.20. The average Bonchev–Trinajstić information content (AvgIpc) is 2.42. The van der Waals surface area contributed by atoms with E-state index in [-0.39, 0.29) is 13.2 Å². The fraction of sp³-hybridized carbons (Fsp3) is 0.500. The van der Waals surface area contributed by atoms with Gasteiger partial charge in [0.1, 0.15) is 6.07 Å². The lowest BCUT2D eigenvalue weighted by molar-refractivity contribution is 0.282. The Balaban J connectivity index is 2.67. The van der Waals surface area contributed by atoms with Crippen molar-refractivity contribution in [2.75, 3.05) is 25.1 Å². The monoisotopic (exact) mass is 248 g/mol. The van der Waals surface area contributed by atoms with Gasteiger partial charge in [-0.05, 0) is 37.0 Å². The number of benzene rings is 1. The van der Waals surface area contributed by atoms with Crippen molar-refractivity contribution in [3.8, 4) is 6.07 Å². The predicted molar refractivity (Wildman–Crippen MR) is 71.3 cm³/mol. The van der Waals surface area contributed by atoms with E-state index in [4.69, 9.17) is 15.5 Å². The van der Waals surface area contributed by atoms with Crippen molar-refractivity contribution in [1.82, 2.24) is 0 Å². The van der Waals surface area contributed by atoms with Crippen LogP contribution in [0.25, 0.3) is 0 Å². The maximum Gasteiger partial charge on any atom is 0.101 e. The van der Waals surface area contributed by atoms with Gasteiger partial charge in [0.05, 0.1) is 17.9 Å². The van der Waals surface area contributed by atoms with Crippen LogP contribution >= 0.6 is 0 Å². The number of aliphatic hydroxyl groups excluding tert-OH is 2. The Kier molecular flexibility index (Phi) is 6.20. The van der Waals surface area contributed by atoms with Crippen LogP contribution in [0.5, 0.6) is 0 Å². The molecular weight excluding hydrogens is 228 g/mol. The van der Waals surface area contributed by atoms with E-state index in [0.29, 0.717) is 5.56 Å². The fourth-order valence-electron chi connectivity index (χ4n) is 1.86. The first kappa shape index (κ1) is 14.5. The van der Waals surface area contributed by atoms with Crippen molar-refractivity contribution in [3.63, 3.8) is 0 Å². The maximum absolute atomic E-state index is 9.11. The maximum atomic E-state index is 9.11. The van der Waals surface area contributed by atoms with Gasteiger partial charge < -0.3 is 15.1 Å². The third-order valence-corrected chi connectivity index (χ3v) is 2.93. The molecule has 0 unspecified atom stereocenters. The number of aliphatic hydroxyl groups is 2. The second-order valence-corrected chi connectivity index (χ2v) is 4.33. The van der Waals surface area contributed by atoms with Crippen molar-refractivity contribution in [2.24, 2.45) is 0 Å². The number of hydrogen-bond acceptors (Lipinski definition) is 4. The molecule has 18 heavy (non-hydrogen) atoms. The summed E-state index contributed by atoms with van der Waals surface area (Å²) in [5, 5.41) is 26.9. The van der Waals surface area contributed by atoms with Crippen molar-refractivity contribution in [1.29, 1.82) is 5.26 Å². The zero-order valence-electron chi connectivity index (χ0n) is 10.8. The zero-order valence-corrected chi connectivity index (χ0v) is 10.8. The van der Waals surface area contributed by atoms with Crippen LogP contribution in [0, 0.1) is 11.3 Å². The summed E-state index contributed by atoms with van der Waals surface area (Å²) in [7, 11) is 1.95. The van der Waals surface area contributed by atoms with E-state index in [1.165, 1.54) is 0 Å². The van der Waals surface area contributed by atoms with Crippen molar-refractivity contribution >= 4 is 5.69 Å². The van der Waals surface area contributed by atoms with Crippen LogP contribution in [0.1, 0.15) is 30.4 Å². The Labute approximate surface area is 108 Å². The molecule has 1 rings (SSSR count). The molecule has 0 atom stereocenters. The highest BCUT2D eigenvalue weighted by Crippen LogP contribution is 2.21. The Hall–Kier alpha value is -1.57. The van der Waals surface area contributed by atoms with Crippen molar-refractivity contribution < 1.29 is 10.2 Å². The Morgan fingerprint density at radius 1 is 1.22 bits per heavy atom. The summed E-state index contributed by atoms with van der Waals surface area (Å²) in [6, 6.07) is 7.59. The first-order valence-corrected chi connectivity index (χ1v) is 6.18. The number of rotatable bonds is 7. The SMILES string of the molecule is CN(CCCCCO)c1ccc(CO)cc1C#N. The molecule has 2 N–H and O–H groups in total. The van der Waals surface area contributed by atoms with Gasteiger partial charge in [-0.2, -0.15) is 5.26 Å². The number of unbranched alkanes of at least 4 members (excludes halogenated alkanes) is 2. The van der Waals surface area contributed by atoms with Crippen LogP contribution in [-0.2, 0) is 6.61 Å². The summed E-state index contributed by atoms with van der Waals surface area (Å²) in [6.07, 6.45) is 2.80. The second kappa shape index (κ2) is 7.70. The summed E-state index contributed by atoms with van der Waals surface area (Å²) in [5.41, 5.74) is 2.23. The molecule has 1 aromatic carbocycles. The largest absolute Gasteiger partial charge is 0.396 e. The Bertz CT molecular complexity index is 413. The number of nitriles is 1. The smallest absolute Gasteiger partial charge is 0.101 e. The molecule has 0 aliphatic heterocycles. The van der Waals surface area contributed by atoms with Gasteiger partial charge in [-0.3, -0.25) is 0 Å². The van der Waals surface area contributed by atoms with E-state index < -0.39 is 0 Å². The van der Waals surface area contributed by atoms with E-state index in [1.54, 1.807) is 6.07 Å². The molecule has 0 spiro atoms. The molecular formula is C14H20N2O2. The van der Waals surface area contributed by atoms with E-state index in [0.717, 1.165) is 37.1 Å². The molecule has 0 bridgehead atoms. The Morgan fingerprint density at radius 2 is 2.00 bits per heavy atom. The van der Waals surface area contributed by atoms with Gasteiger partial charge in [-0.25, -0.2) is 0 Å². The number of nitrogens with zero attached hydrogens (tertiary/aromatic N) is 2. The van der Waals surface area contributed by atoms with Gasteiger partial charge in [0.15, 0.2) is 0 Å². The van der Waals surface area contributed by atoms with Gasteiger partial charge in [-0.15, -0.1) is 0 Å². The Morgan fingerprint density at radius 3 is 2.61 bits per heavy atom. The fourth-order valence-corrected chi connectivity index (χ4v) is 1.86. The highest BCUT2D eigenvalue weighted by molar-refractivity contribution is 5.60. The lowest BCUT2D eigenvalue weighted by atomic mass is 10.1. The van der Waals surface area contributed by atoms with Gasteiger partial charge >= 0.3 is 0 Å². The highest BCUT2D eigenvalue weighted by Gasteiger charge is 2.07. The summed E-state index contributed by atoms with van der Waals surface area (Å²) < 4.78 is 0. The van der Waals surface area contributed by atoms with Crippen molar-refractivity contribution in [3.05, 3.63) is 29.3 Å². The summed E-state index contributed by atoms with van der Waals surface area (Å²) in [4.78, 5) is 2.04.